The summed E-state index contributed by atoms with van der Waals surface area (Å²) < 4.78 is 10.1. The molecule has 0 aliphatic carbocycles. The van der Waals surface area contributed by atoms with Crippen LogP contribution in [0.5, 0.6) is 5.75 Å². The molecule has 20 heavy (non-hydrogen) atoms. The number of aliphatic hydroxyl groups excluding tert-OH is 1. The van der Waals surface area contributed by atoms with Crippen LogP contribution in [0.4, 0.5) is 0 Å². The SMILES string of the molecule is COC(=O)CN(C)CC(O)COc1ccccc1CN. The number of methoxy groups -OCH3 is 1. The third-order valence-corrected chi connectivity index (χ3v) is 2.77. The van der Waals surface area contributed by atoms with Gasteiger partial charge in [-0.05, 0) is 13.1 Å². The largest absolute Gasteiger partial charge is 0.491 e. The Morgan fingerprint density at radius 3 is 2.80 bits per heavy atom. The van der Waals surface area contributed by atoms with Crippen LogP contribution >= 0.6 is 0 Å². The maximum atomic E-state index is 11.1. The van der Waals surface area contributed by atoms with Gasteiger partial charge in [-0.15, -0.1) is 0 Å². The van der Waals surface area contributed by atoms with E-state index in [-0.39, 0.29) is 19.1 Å². The number of para-hydroxylation sites is 1. The summed E-state index contributed by atoms with van der Waals surface area (Å²) in [5.74, 6) is 0.332. The van der Waals surface area contributed by atoms with E-state index in [1.54, 1.807) is 11.9 Å². The summed E-state index contributed by atoms with van der Waals surface area (Å²) in [6, 6.07) is 7.43. The minimum Gasteiger partial charge on any atom is -0.491 e. The van der Waals surface area contributed by atoms with E-state index in [9.17, 15) is 9.90 Å². The lowest BCUT2D eigenvalue weighted by Gasteiger charge is -2.20. The maximum absolute atomic E-state index is 11.1. The Kier molecular flexibility index (Phi) is 7.00. The average Bonchev–Trinajstić information content (AvgIpc) is 2.45. The number of likely N-dealkylation sites (N-methyl/N-ethyl adjacent to an activating group) is 1. The number of hydrogen-bond acceptors (Lipinski definition) is 6. The minimum atomic E-state index is -0.699. The third-order valence-electron chi connectivity index (χ3n) is 2.77. The van der Waals surface area contributed by atoms with Crippen molar-refractivity contribution in [2.75, 3.05) is 33.9 Å². The highest BCUT2D eigenvalue weighted by Gasteiger charge is 2.13. The van der Waals surface area contributed by atoms with Gasteiger partial charge in [-0.2, -0.15) is 0 Å². The number of rotatable bonds is 8. The molecule has 1 aromatic rings. The Morgan fingerprint density at radius 1 is 1.45 bits per heavy atom. The predicted molar refractivity (Wildman–Crippen MR) is 75.3 cm³/mol. The van der Waals surface area contributed by atoms with Crippen molar-refractivity contribution in [3.8, 4) is 5.75 Å². The molecular formula is C14H22N2O4. The van der Waals surface area contributed by atoms with Crippen LogP contribution in [0.2, 0.25) is 0 Å². The van der Waals surface area contributed by atoms with Crippen LogP contribution in [0.25, 0.3) is 0 Å². The lowest BCUT2D eigenvalue weighted by Crippen LogP contribution is -2.36. The van der Waals surface area contributed by atoms with E-state index < -0.39 is 6.10 Å². The van der Waals surface area contributed by atoms with E-state index in [0.717, 1.165) is 5.56 Å². The van der Waals surface area contributed by atoms with Crippen LogP contribution in [0.3, 0.4) is 0 Å². The number of benzene rings is 1. The minimum absolute atomic E-state index is 0.132. The first-order chi connectivity index (χ1) is 9.56. The van der Waals surface area contributed by atoms with Crippen LogP contribution in [-0.4, -0.2) is 55.9 Å². The molecule has 6 heteroatoms. The first-order valence-electron chi connectivity index (χ1n) is 6.41. The van der Waals surface area contributed by atoms with Gasteiger partial charge in [-0.1, -0.05) is 18.2 Å². The fourth-order valence-electron chi connectivity index (χ4n) is 1.76. The summed E-state index contributed by atoms with van der Waals surface area (Å²) in [6.45, 7) is 0.976. The molecule has 0 aliphatic rings. The van der Waals surface area contributed by atoms with E-state index >= 15 is 0 Å². The molecule has 112 valence electrons. The number of nitrogens with zero attached hydrogens (tertiary/aromatic N) is 1. The van der Waals surface area contributed by atoms with Gasteiger partial charge in [0, 0.05) is 18.7 Å². The second-order valence-corrected chi connectivity index (χ2v) is 4.55. The topological polar surface area (TPSA) is 85.0 Å². The highest BCUT2D eigenvalue weighted by molar-refractivity contribution is 5.71. The van der Waals surface area contributed by atoms with E-state index in [1.807, 2.05) is 24.3 Å². The Morgan fingerprint density at radius 2 is 2.15 bits per heavy atom. The number of carbonyl (C=O) groups is 1. The molecular weight excluding hydrogens is 260 g/mol. The molecule has 1 atom stereocenters. The lowest BCUT2D eigenvalue weighted by molar-refractivity contribution is -0.141. The average molecular weight is 282 g/mol. The van der Waals surface area contributed by atoms with Crippen molar-refractivity contribution in [2.24, 2.45) is 5.73 Å². The van der Waals surface area contributed by atoms with Crippen molar-refractivity contribution in [3.63, 3.8) is 0 Å². The number of ether oxygens (including phenoxy) is 2. The van der Waals surface area contributed by atoms with Gasteiger partial charge < -0.3 is 20.3 Å². The van der Waals surface area contributed by atoms with Gasteiger partial charge in [0.1, 0.15) is 18.5 Å². The molecule has 0 saturated heterocycles. The summed E-state index contributed by atoms with van der Waals surface area (Å²) >= 11 is 0. The molecule has 0 fully saturated rings. The number of carbonyl (C=O) groups excluding carboxylic acids is 1. The molecule has 3 N–H and O–H groups in total. The summed E-state index contributed by atoms with van der Waals surface area (Å²) in [5.41, 5.74) is 6.50. The Hall–Kier alpha value is -1.63. The van der Waals surface area contributed by atoms with Crippen LogP contribution in [-0.2, 0) is 16.1 Å². The van der Waals surface area contributed by atoms with Gasteiger partial charge in [0.05, 0.1) is 13.7 Å². The fourth-order valence-corrected chi connectivity index (χ4v) is 1.76. The number of aliphatic hydroxyl groups is 1. The van der Waals surface area contributed by atoms with E-state index in [0.29, 0.717) is 18.8 Å². The van der Waals surface area contributed by atoms with Crippen LogP contribution in [0, 0.1) is 0 Å². The van der Waals surface area contributed by atoms with Crippen molar-refractivity contribution < 1.29 is 19.4 Å². The highest BCUT2D eigenvalue weighted by atomic mass is 16.5. The maximum Gasteiger partial charge on any atom is 0.319 e. The third kappa shape index (κ3) is 5.56. The van der Waals surface area contributed by atoms with Crippen molar-refractivity contribution in [1.82, 2.24) is 4.90 Å². The van der Waals surface area contributed by atoms with E-state index in [2.05, 4.69) is 4.74 Å². The fraction of sp³-hybridized carbons (Fsp3) is 0.500. The zero-order valence-corrected chi connectivity index (χ0v) is 11.9. The van der Waals surface area contributed by atoms with E-state index in [1.165, 1.54) is 7.11 Å². The number of esters is 1. The molecule has 1 unspecified atom stereocenters. The monoisotopic (exact) mass is 282 g/mol. The molecule has 0 aliphatic heterocycles. The quantitative estimate of drug-likeness (QED) is 0.652. The van der Waals surface area contributed by atoms with Gasteiger partial charge in [0.2, 0.25) is 0 Å². The van der Waals surface area contributed by atoms with Crippen molar-refractivity contribution >= 4 is 5.97 Å². The van der Waals surface area contributed by atoms with Crippen molar-refractivity contribution in [1.29, 1.82) is 0 Å². The zero-order chi connectivity index (χ0) is 15.0. The van der Waals surface area contributed by atoms with Crippen molar-refractivity contribution in [2.45, 2.75) is 12.6 Å². The van der Waals surface area contributed by atoms with Gasteiger partial charge in [0.15, 0.2) is 0 Å². The van der Waals surface area contributed by atoms with Gasteiger partial charge >= 0.3 is 5.97 Å². The second kappa shape index (κ2) is 8.52. The standard InChI is InChI=1S/C14H22N2O4/c1-16(9-14(18)19-2)8-12(17)10-20-13-6-4-3-5-11(13)7-15/h3-6,12,17H,7-10,15H2,1-2H3. The first kappa shape index (κ1) is 16.4. The summed E-state index contributed by atoms with van der Waals surface area (Å²) in [4.78, 5) is 12.8. The Bertz CT molecular complexity index is 425. The summed E-state index contributed by atoms with van der Waals surface area (Å²) in [7, 11) is 3.06. The molecule has 1 rings (SSSR count). The molecule has 0 heterocycles. The molecule has 0 aromatic heterocycles. The first-order valence-corrected chi connectivity index (χ1v) is 6.41. The summed E-state index contributed by atoms with van der Waals surface area (Å²) in [6.07, 6.45) is -0.699. The molecule has 0 radical (unpaired) electrons. The number of hydrogen-bond donors (Lipinski definition) is 2. The Labute approximate surface area is 119 Å². The normalized spacial score (nSPS) is 12.2. The molecule has 0 amide bonds. The van der Waals surface area contributed by atoms with Gasteiger partial charge in [-0.3, -0.25) is 9.69 Å². The van der Waals surface area contributed by atoms with Gasteiger partial charge in [0.25, 0.3) is 0 Å². The van der Waals surface area contributed by atoms with Crippen LogP contribution in [0.15, 0.2) is 24.3 Å². The van der Waals surface area contributed by atoms with Crippen LogP contribution < -0.4 is 10.5 Å². The van der Waals surface area contributed by atoms with Crippen molar-refractivity contribution in [3.05, 3.63) is 29.8 Å². The molecule has 0 bridgehead atoms. The van der Waals surface area contributed by atoms with E-state index in [4.69, 9.17) is 10.5 Å². The predicted octanol–water partition coefficient (Wildman–Crippen LogP) is -0.0102. The second-order valence-electron chi connectivity index (χ2n) is 4.55. The van der Waals surface area contributed by atoms with Gasteiger partial charge in [-0.25, -0.2) is 0 Å². The smallest absolute Gasteiger partial charge is 0.319 e. The summed E-state index contributed by atoms with van der Waals surface area (Å²) in [5, 5.41) is 9.88. The Balaban J connectivity index is 2.39. The highest BCUT2D eigenvalue weighted by Crippen LogP contribution is 2.17. The zero-order valence-electron chi connectivity index (χ0n) is 11.9. The molecule has 1 aromatic carbocycles. The van der Waals surface area contributed by atoms with Crippen LogP contribution in [0.1, 0.15) is 5.56 Å². The molecule has 0 spiro atoms. The number of nitrogens with two attached hydrogens (primary N) is 1. The lowest BCUT2D eigenvalue weighted by atomic mass is 10.2. The molecule has 6 nitrogen and oxygen atoms in total. The molecule has 0 saturated carbocycles.